The Labute approximate surface area is 47.8 Å². The zero-order chi connectivity index (χ0) is 6.99. The molecule has 46 valence electrons. The van der Waals surface area contributed by atoms with E-state index in [-0.39, 0.29) is 12.5 Å². The number of rotatable bonds is 1. The summed E-state index contributed by atoms with van der Waals surface area (Å²) in [6.07, 6.45) is 0. The van der Waals surface area contributed by atoms with Crippen LogP contribution in [-0.2, 0) is 9.53 Å². The molecule has 0 aliphatic rings. The third-order valence-electron chi connectivity index (χ3n) is 0.432. The lowest BCUT2D eigenvalue weighted by atomic mass is 10.7. The smallest absolute Gasteiger partial charge is 0.361 e. The lowest BCUT2D eigenvalue weighted by Gasteiger charge is -1.85. The van der Waals surface area contributed by atoms with Crippen molar-refractivity contribution in [1.82, 2.24) is 0 Å². The van der Waals surface area contributed by atoms with Crippen molar-refractivity contribution in [1.29, 1.82) is 5.26 Å². The van der Waals surface area contributed by atoms with Gasteiger partial charge in [0.1, 0.15) is 0 Å². The summed E-state index contributed by atoms with van der Waals surface area (Å²) in [5.41, 5.74) is 3.28. The van der Waals surface area contributed by atoms with Crippen molar-refractivity contribution in [3.8, 4) is 0 Å². The Morgan fingerprint density at radius 3 is 2.25 bits per heavy atom. The molecule has 0 radical (unpaired) electrons. The van der Waals surface area contributed by atoms with Gasteiger partial charge in [-0.15, -0.1) is 0 Å². The van der Waals surface area contributed by atoms with Crippen LogP contribution in [0.3, 0.4) is 0 Å². The van der Waals surface area contributed by atoms with E-state index in [4.69, 9.17) is 11.8 Å². The second kappa shape index (κ2) is 9.33. The van der Waals surface area contributed by atoms with Crippen LogP contribution in [0, 0.1) is 11.8 Å². The average Bonchev–Trinajstić information content (AvgIpc) is 1.91. The fourth-order valence-electron chi connectivity index (χ4n) is 0.102. The van der Waals surface area contributed by atoms with E-state index in [0.29, 0.717) is 0 Å². The minimum absolute atomic E-state index is 0.219. The maximum absolute atomic E-state index is 9.90. The van der Waals surface area contributed by atoms with Gasteiger partial charge in [0.15, 0.2) is 6.54 Å². The number of ether oxygens (including phenoxy) is 1. The summed E-state index contributed by atoms with van der Waals surface area (Å²) < 4.78 is 4.20. The quantitative estimate of drug-likeness (QED) is 0.334. The number of methoxy groups -OCH3 is 1. The van der Waals surface area contributed by atoms with Crippen LogP contribution in [0.15, 0.2) is 0 Å². The van der Waals surface area contributed by atoms with E-state index in [2.05, 4.69) is 10.5 Å². The van der Waals surface area contributed by atoms with Gasteiger partial charge in [-0.1, -0.05) is 0 Å². The molecule has 0 aliphatic carbocycles. The second-order valence-electron chi connectivity index (χ2n) is 0.826. The summed E-state index contributed by atoms with van der Waals surface area (Å²) >= 11 is 0. The minimum Gasteiger partial charge on any atom is -0.512 e. The molecule has 3 N–H and O–H groups in total. The molecule has 0 aromatic rings. The highest BCUT2D eigenvalue weighted by Gasteiger charge is 1.91. The fourth-order valence-corrected chi connectivity index (χ4v) is 0.102. The van der Waals surface area contributed by atoms with Gasteiger partial charge < -0.3 is 22.3 Å². The van der Waals surface area contributed by atoms with Crippen LogP contribution in [0.4, 0.5) is 0 Å². The van der Waals surface area contributed by atoms with Crippen LogP contribution in [0.2, 0.25) is 0 Å². The van der Waals surface area contributed by atoms with Crippen molar-refractivity contribution >= 4 is 5.97 Å². The normalized spacial score (nSPS) is 6.00. The van der Waals surface area contributed by atoms with E-state index in [9.17, 15) is 4.79 Å². The van der Waals surface area contributed by atoms with Crippen LogP contribution in [0.25, 0.3) is 0 Å². The van der Waals surface area contributed by atoms with E-state index in [1.54, 1.807) is 0 Å². The zero-order valence-corrected chi connectivity index (χ0v) is 4.68. The molecule has 0 heterocycles. The molecule has 0 aromatic carbocycles. The molecule has 0 bridgehead atoms. The third kappa shape index (κ3) is 8.87. The van der Waals surface area contributed by atoms with Crippen molar-refractivity contribution in [3.63, 3.8) is 0 Å². The summed E-state index contributed by atoms with van der Waals surface area (Å²) in [6, 6.07) is 0. The van der Waals surface area contributed by atoms with E-state index < -0.39 is 0 Å². The molecule has 0 rings (SSSR count). The highest BCUT2D eigenvalue weighted by atomic mass is 16.5. The molecule has 0 atom stereocenters. The van der Waals surface area contributed by atoms with Crippen LogP contribution in [0.1, 0.15) is 0 Å². The SMILES string of the molecule is COC(=O)C[NH3+].[C-]#N. The average molecular weight is 116 g/mol. The summed E-state index contributed by atoms with van der Waals surface area (Å²) in [5.74, 6) is -0.269. The molecule has 0 amide bonds. The van der Waals surface area contributed by atoms with Gasteiger partial charge in [0.2, 0.25) is 0 Å². The highest BCUT2D eigenvalue weighted by Crippen LogP contribution is 1.59. The molecule has 0 aromatic heterocycles. The van der Waals surface area contributed by atoms with Crippen molar-refractivity contribution in [2.75, 3.05) is 13.7 Å². The first-order chi connectivity index (χ1) is 3.81. The number of carbonyl (C=O) groups excluding carboxylic acids is 1. The van der Waals surface area contributed by atoms with Crippen molar-refractivity contribution in [3.05, 3.63) is 6.57 Å². The van der Waals surface area contributed by atoms with Gasteiger partial charge in [-0.2, -0.15) is 0 Å². The third-order valence-corrected chi connectivity index (χ3v) is 0.432. The Morgan fingerprint density at radius 2 is 2.25 bits per heavy atom. The lowest BCUT2D eigenvalue weighted by molar-refractivity contribution is -0.359. The predicted molar refractivity (Wildman–Crippen MR) is 24.7 cm³/mol. The van der Waals surface area contributed by atoms with Gasteiger partial charge in [0.25, 0.3) is 0 Å². The maximum Gasteiger partial charge on any atom is 0.361 e. The van der Waals surface area contributed by atoms with Crippen molar-refractivity contribution < 1.29 is 15.3 Å². The van der Waals surface area contributed by atoms with Gasteiger partial charge in [0.05, 0.1) is 7.11 Å². The molecule has 8 heavy (non-hydrogen) atoms. The maximum atomic E-state index is 9.90. The van der Waals surface area contributed by atoms with E-state index >= 15 is 0 Å². The topological polar surface area (TPSA) is 77.7 Å². The molecule has 4 heteroatoms. The predicted octanol–water partition coefficient (Wildman–Crippen LogP) is -1.50. The molecule has 4 nitrogen and oxygen atoms in total. The standard InChI is InChI=1S/C3H7NO2.CN/c1-6-3(5)2-4;1-2/h2,4H2,1H3;/q;-1/p+1. The molecule has 0 spiro atoms. The van der Waals surface area contributed by atoms with Gasteiger partial charge >= 0.3 is 5.97 Å². The Kier molecular flexibility index (Phi) is 11.7. The van der Waals surface area contributed by atoms with Gasteiger partial charge in [-0.25, -0.2) is 4.79 Å². The monoisotopic (exact) mass is 116 g/mol. The number of carbonyl (C=O) groups is 1. The summed E-state index contributed by atoms with van der Waals surface area (Å²) in [4.78, 5) is 9.90. The van der Waals surface area contributed by atoms with E-state index in [0.717, 1.165) is 0 Å². The minimum atomic E-state index is -0.269. The van der Waals surface area contributed by atoms with Crippen molar-refractivity contribution in [2.45, 2.75) is 0 Å². The first-order valence-corrected chi connectivity index (χ1v) is 1.89. The van der Waals surface area contributed by atoms with Crippen LogP contribution in [-0.4, -0.2) is 19.6 Å². The largest absolute Gasteiger partial charge is 0.512 e. The van der Waals surface area contributed by atoms with E-state index in [1.807, 2.05) is 0 Å². The molecule has 0 saturated carbocycles. The van der Waals surface area contributed by atoms with Crippen molar-refractivity contribution in [2.24, 2.45) is 0 Å². The molecular formula is C4H8N2O2. The molecule has 0 aliphatic heterocycles. The summed E-state index contributed by atoms with van der Waals surface area (Å²) in [7, 11) is 1.34. The Bertz CT molecular complexity index is 73.4. The first kappa shape index (κ1) is 10.0. The first-order valence-electron chi connectivity index (χ1n) is 1.89. The van der Waals surface area contributed by atoms with Gasteiger partial charge in [0, 0.05) is 0 Å². The van der Waals surface area contributed by atoms with Gasteiger partial charge in [-0.3, -0.25) is 0 Å². The van der Waals surface area contributed by atoms with Crippen LogP contribution >= 0.6 is 0 Å². The molecular weight excluding hydrogens is 108 g/mol. The number of hydrogen-bond donors (Lipinski definition) is 1. The summed E-state index contributed by atoms with van der Waals surface area (Å²) in [6.45, 7) is 4.97. The van der Waals surface area contributed by atoms with Gasteiger partial charge in [-0.05, 0) is 0 Å². The number of nitrogens with zero attached hydrogens (tertiary/aromatic N) is 1. The Balaban J connectivity index is 0. The Hall–Kier alpha value is -1.08. The number of esters is 1. The number of hydrogen-bond acceptors (Lipinski definition) is 3. The highest BCUT2D eigenvalue weighted by molar-refractivity contribution is 5.69. The lowest BCUT2D eigenvalue weighted by Crippen LogP contribution is -2.54. The van der Waals surface area contributed by atoms with E-state index in [1.165, 1.54) is 7.11 Å². The Morgan fingerprint density at radius 1 is 1.88 bits per heavy atom. The molecule has 0 fully saturated rings. The van der Waals surface area contributed by atoms with Crippen LogP contribution in [0.5, 0.6) is 0 Å². The summed E-state index contributed by atoms with van der Waals surface area (Å²) in [5, 5.41) is 6.25. The van der Waals surface area contributed by atoms with Crippen LogP contribution < -0.4 is 5.73 Å². The fraction of sp³-hybridized carbons (Fsp3) is 0.500. The number of quaternary nitrogens is 1. The molecule has 0 saturated heterocycles. The molecule has 0 unspecified atom stereocenters. The second-order valence-corrected chi connectivity index (χ2v) is 0.826. The zero-order valence-electron chi connectivity index (χ0n) is 4.68.